The molecule has 1 aliphatic heterocycles. The molecule has 1 atom stereocenters. The lowest BCUT2D eigenvalue weighted by atomic mass is 9.98. The minimum absolute atomic E-state index is 0. The number of aliphatic hydroxyl groups excluding tert-OH is 1. The van der Waals surface area contributed by atoms with Crippen LogP contribution in [0.25, 0.3) is 0 Å². The molecule has 0 amide bonds. The van der Waals surface area contributed by atoms with E-state index in [2.05, 4.69) is 5.32 Å². The molecule has 0 aromatic heterocycles. The standard InChI is InChI=1S/C13H15Cl3F2N2O.ClH/c14-8-1-2-9(15)11(16)10(8)12(13(17,18)7-21)20-5-3-19-4-6-20;/h1-2,12,19,21H,3-7H2;1H/t12-;/m1./s1. The van der Waals surface area contributed by atoms with Gasteiger partial charge in [0, 0.05) is 36.8 Å². The second-order valence-corrected chi connectivity index (χ2v) is 6.06. The van der Waals surface area contributed by atoms with Crippen LogP contribution in [0.15, 0.2) is 12.1 Å². The number of rotatable bonds is 4. The van der Waals surface area contributed by atoms with Crippen molar-refractivity contribution in [3.8, 4) is 0 Å². The zero-order valence-corrected chi connectivity index (χ0v) is 14.5. The Kier molecular flexibility index (Phi) is 7.60. The average Bonchev–Trinajstić information content (AvgIpc) is 2.48. The molecule has 2 rings (SSSR count). The van der Waals surface area contributed by atoms with Crippen molar-refractivity contribution in [1.29, 1.82) is 0 Å². The number of halogens is 6. The minimum atomic E-state index is -3.38. The maximum absolute atomic E-state index is 14.3. The van der Waals surface area contributed by atoms with E-state index in [1.807, 2.05) is 0 Å². The molecule has 0 saturated carbocycles. The molecule has 1 aliphatic rings. The zero-order valence-electron chi connectivity index (χ0n) is 11.5. The summed E-state index contributed by atoms with van der Waals surface area (Å²) in [5.74, 6) is -3.38. The van der Waals surface area contributed by atoms with Gasteiger partial charge in [-0.3, -0.25) is 4.90 Å². The number of hydrogen-bond donors (Lipinski definition) is 2. The average molecular weight is 396 g/mol. The van der Waals surface area contributed by atoms with Crippen molar-refractivity contribution >= 4 is 47.2 Å². The Hall–Kier alpha value is 0.120. The molecule has 1 saturated heterocycles. The highest BCUT2D eigenvalue weighted by Crippen LogP contribution is 2.44. The van der Waals surface area contributed by atoms with Crippen molar-refractivity contribution in [3.63, 3.8) is 0 Å². The van der Waals surface area contributed by atoms with Gasteiger partial charge in [-0.05, 0) is 12.1 Å². The van der Waals surface area contributed by atoms with Crippen LogP contribution in [-0.4, -0.2) is 48.7 Å². The maximum atomic E-state index is 14.3. The fourth-order valence-corrected chi connectivity index (χ4v) is 3.22. The van der Waals surface area contributed by atoms with Crippen LogP contribution in [0.4, 0.5) is 8.78 Å². The highest BCUT2D eigenvalue weighted by atomic mass is 35.5. The molecule has 0 spiro atoms. The van der Waals surface area contributed by atoms with E-state index in [9.17, 15) is 8.78 Å². The lowest BCUT2D eigenvalue weighted by molar-refractivity contribution is -0.118. The van der Waals surface area contributed by atoms with E-state index < -0.39 is 18.6 Å². The zero-order chi connectivity index (χ0) is 15.6. The third kappa shape index (κ3) is 4.15. The SMILES string of the molecule is Cl.OCC(F)(F)[C@@H](c1c(Cl)ccc(Cl)c1Cl)N1CCNCC1. The molecule has 0 aliphatic carbocycles. The molecule has 1 fully saturated rings. The summed E-state index contributed by atoms with van der Waals surface area (Å²) in [5, 5.41) is 12.5. The minimum Gasteiger partial charge on any atom is -0.390 e. The third-order valence-corrected chi connectivity index (χ3v) is 4.63. The van der Waals surface area contributed by atoms with Crippen LogP contribution in [0, 0.1) is 0 Å². The number of hydrogen-bond acceptors (Lipinski definition) is 3. The Bertz CT molecular complexity index is 513. The number of alkyl halides is 2. The van der Waals surface area contributed by atoms with Gasteiger partial charge in [-0.15, -0.1) is 12.4 Å². The Balaban J connectivity index is 0.00000242. The summed E-state index contributed by atoms with van der Waals surface area (Å²) < 4.78 is 28.6. The summed E-state index contributed by atoms with van der Waals surface area (Å²) in [6.07, 6.45) is 0. The summed E-state index contributed by atoms with van der Waals surface area (Å²) in [4.78, 5) is 1.57. The molecule has 1 aromatic carbocycles. The van der Waals surface area contributed by atoms with Gasteiger partial charge in [0.1, 0.15) is 12.6 Å². The predicted octanol–water partition coefficient (Wildman–Crippen LogP) is 3.64. The molecule has 0 radical (unpaired) electrons. The fourth-order valence-electron chi connectivity index (χ4n) is 2.48. The molecule has 9 heteroatoms. The predicted molar refractivity (Wildman–Crippen MR) is 87.9 cm³/mol. The van der Waals surface area contributed by atoms with E-state index in [-0.39, 0.29) is 33.0 Å². The van der Waals surface area contributed by atoms with Crippen LogP contribution in [0.3, 0.4) is 0 Å². The molecule has 126 valence electrons. The topological polar surface area (TPSA) is 35.5 Å². The summed E-state index contributed by atoms with van der Waals surface area (Å²) in [7, 11) is 0. The van der Waals surface area contributed by atoms with Crippen LogP contribution in [0.2, 0.25) is 15.1 Å². The summed E-state index contributed by atoms with van der Waals surface area (Å²) >= 11 is 18.1. The second-order valence-electron chi connectivity index (χ2n) is 4.86. The molecule has 1 heterocycles. The van der Waals surface area contributed by atoms with Gasteiger partial charge in [-0.1, -0.05) is 34.8 Å². The van der Waals surface area contributed by atoms with E-state index in [0.29, 0.717) is 26.2 Å². The molecule has 0 unspecified atom stereocenters. The Morgan fingerprint density at radius 2 is 1.73 bits per heavy atom. The molecule has 2 N–H and O–H groups in total. The Morgan fingerprint density at radius 3 is 2.27 bits per heavy atom. The van der Waals surface area contributed by atoms with Crippen molar-refractivity contribution in [2.24, 2.45) is 0 Å². The van der Waals surface area contributed by atoms with E-state index in [4.69, 9.17) is 39.9 Å². The summed E-state index contributed by atoms with van der Waals surface area (Å²) in [5.41, 5.74) is 0.0618. The van der Waals surface area contributed by atoms with E-state index in [0.717, 1.165) is 0 Å². The largest absolute Gasteiger partial charge is 0.390 e. The smallest absolute Gasteiger partial charge is 0.290 e. The number of nitrogens with zero attached hydrogens (tertiary/aromatic N) is 1. The number of nitrogens with one attached hydrogen (secondary N) is 1. The van der Waals surface area contributed by atoms with Gasteiger partial charge in [-0.25, -0.2) is 8.78 Å². The van der Waals surface area contributed by atoms with Gasteiger partial charge >= 0.3 is 0 Å². The second kappa shape index (κ2) is 8.29. The summed E-state index contributed by atoms with van der Waals surface area (Å²) in [6, 6.07) is 1.48. The van der Waals surface area contributed by atoms with Gasteiger partial charge < -0.3 is 10.4 Å². The molecule has 3 nitrogen and oxygen atoms in total. The molecule has 22 heavy (non-hydrogen) atoms. The van der Waals surface area contributed by atoms with Crippen LogP contribution < -0.4 is 5.32 Å². The lowest BCUT2D eigenvalue weighted by Crippen LogP contribution is -2.51. The summed E-state index contributed by atoms with van der Waals surface area (Å²) in [6.45, 7) is 0.668. The number of benzene rings is 1. The van der Waals surface area contributed by atoms with Gasteiger partial charge in [0.25, 0.3) is 5.92 Å². The normalized spacial score (nSPS) is 17.9. The van der Waals surface area contributed by atoms with Crippen molar-refractivity contribution in [2.45, 2.75) is 12.0 Å². The van der Waals surface area contributed by atoms with Crippen LogP contribution in [-0.2, 0) is 0 Å². The highest BCUT2D eigenvalue weighted by molar-refractivity contribution is 6.44. The first kappa shape index (κ1) is 20.2. The van der Waals surface area contributed by atoms with Crippen molar-refractivity contribution in [2.75, 3.05) is 32.8 Å². The monoisotopic (exact) mass is 394 g/mol. The van der Waals surface area contributed by atoms with Gasteiger partial charge in [0.05, 0.1) is 10.0 Å². The first-order valence-corrected chi connectivity index (χ1v) is 7.58. The van der Waals surface area contributed by atoms with Gasteiger partial charge in [0.15, 0.2) is 0 Å². The first-order valence-electron chi connectivity index (χ1n) is 6.45. The molecular weight excluding hydrogens is 380 g/mol. The van der Waals surface area contributed by atoms with Crippen LogP contribution >= 0.6 is 47.2 Å². The van der Waals surface area contributed by atoms with E-state index in [1.54, 1.807) is 4.90 Å². The Morgan fingerprint density at radius 1 is 1.18 bits per heavy atom. The quantitative estimate of drug-likeness (QED) is 0.764. The van der Waals surface area contributed by atoms with E-state index in [1.165, 1.54) is 12.1 Å². The van der Waals surface area contributed by atoms with Gasteiger partial charge in [-0.2, -0.15) is 0 Å². The van der Waals surface area contributed by atoms with E-state index >= 15 is 0 Å². The maximum Gasteiger partial charge on any atom is 0.290 e. The van der Waals surface area contributed by atoms with Crippen LogP contribution in [0.5, 0.6) is 0 Å². The van der Waals surface area contributed by atoms with Crippen molar-refractivity contribution in [1.82, 2.24) is 10.2 Å². The van der Waals surface area contributed by atoms with Gasteiger partial charge in [0.2, 0.25) is 0 Å². The lowest BCUT2D eigenvalue weighted by Gasteiger charge is -2.39. The Labute approximate surface area is 148 Å². The van der Waals surface area contributed by atoms with Crippen LogP contribution in [0.1, 0.15) is 11.6 Å². The third-order valence-electron chi connectivity index (χ3n) is 3.48. The molecule has 0 bridgehead atoms. The number of piperazine rings is 1. The van der Waals surface area contributed by atoms with Crippen molar-refractivity contribution < 1.29 is 13.9 Å². The molecule has 1 aromatic rings. The van der Waals surface area contributed by atoms with Crippen molar-refractivity contribution in [3.05, 3.63) is 32.8 Å². The molecular formula is C13H16Cl4F2N2O. The fraction of sp³-hybridized carbons (Fsp3) is 0.538. The highest BCUT2D eigenvalue weighted by Gasteiger charge is 2.46. The first-order chi connectivity index (χ1) is 9.88. The number of aliphatic hydroxyl groups is 1.